The summed E-state index contributed by atoms with van der Waals surface area (Å²) in [4.78, 5) is 11.1. The third kappa shape index (κ3) is 3.24. The molecule has 0 fully saturated rings. The summed E-state index contributed by atoms with van der Waals surface area (Å²) in [5.74, 6) is -2.50. The highest BCUT2D eigenvalue weighted by Gasteiger charge is 2.11. The van der Waals surface area contributed by atoms with E-state index in [2.05, 4.69) is 5.32 Å². The van der Waals surface area contributed by atoms with Crippen molar-refractivity contribution in [2.45, 2.75) is 6.54 Å². The van der Waals surface area contributed by atoms with Crippen LogP contribution in [0, 0.1) is 11.6 Å². The van der Waals surface area contributed by atoms with Crippen molar-refractivity contribution < 1.29 is 18.7 Å². The van der Waals surface area contributed by atoms with Crippen molar-refractivity contribution in [3.63, 3.8) is 0 Å². The monoisotopic (exact) mass is 297 g/mol. The molecule has 2 N–H and O–H groups in total. The zero-order valence-corrected chi connectivity index (χ0v) is 10.9. The molecule has 0 radical (unpaired) electrons. The van der Waals surface area contributed by atoms with E-state index in [4.69, 9.17) is 16.7 Å². The van der Waals surface area contributed by atoms with Crippen LogP contribution in [0.1, 0.15) is 15.9 Å². The van der Waals surface area contributed by atoms with E-state index in [9.17, 15) is 13.6 Å². The Morgan fingerprint density at radius 2 is 1.95 bits per heavy atom. The summed E-state index contributed by atoms with van der Waals surface area (Å²) in [7, 11) is 0. The van der Waals surface area contributed by atoms with Gasteiger partial charge in [-0.2, -0.15) is 0 Å². The van der Waals surface area contributed by atoms with Crippen LogP contribution >= 0.6 is 11.6 Å². The SMILES string of the molecule is O=C(O)c1cc(Cl)ccc1NCc1ccc(F)cc1F. The highest BCUT2D eigenvalue weighted by Crippen LogP contribution is 2.22. The molecular weight excluding hydrogens is 288 g/mol. The van der Waals surface area contributed by atoms with Gasteiger partial charge in [0.1, 0.15) is 11.6 Å². The van der Waals surface area contributed by atoms with Crippen molar-refractivity contribution in [3.05, 3.63) is 64.2 Å². The summed E-state index contributed by atoms with van der Waals surface area (Å²) in [6, 6.07) is 7.53. The first-order valence-electron chi connectivity index (χ1n) is 5.68. The van der Waals surface area contributed by atoms with Crippen LogP contribution in [0.4, 0.5) is 14.5 Å². The minimum atomic E-state index is -1.14. The predicted octanol–water partition coefficient (Wildman–Crippen LogP) is 3.93. The lowest BCUT2D eigenvalue weighted by Crippen LogP contribution is -2.07. The van der Waals surface area contributed by atoms with Gasteiger partial charge in [-0.05, 0) is 24.3 Å². The molecule has 0 bridgehead atoms. The van der Waals surface area contributed by atoms with Crippen molar-refractivity contribution in [1.82, 2.24) is 0 Å². The van der Waals surface area contributed by atoms with Gasteiger partial charge < -0.3 is 10.4 Å². The zero-order chi connectivity index (χ0) is 14.7. The average molecular weight is 298 g/mol. The molecule has 0 amide bonds. The van der Waals surface area contributed by atoms with Crippen LogP contribution in [-0.4, -0.2) is 11.1 Å². The van der Waals surface area contributed by atoms with Crippen LogP contribution < -0.4 is 5.32 Å². The molecule has 0 saturated carbocycles. The molecule has 0 heterocycles. The van der Waals surface area contributed by atoms with Crippen LogP contribution in [0.2, 0.25) is 5.02 Å². The Balaban J connectivity index is 2.20. The second kappa shape index (κ2) is 5.88. The van der Waals surface area contributed by atoms with Crippen LogP contribution in [-0.2, 0) is 6.54 Å². The summed E-state index contributed by atoms with van der Waals surface area (Å²) in [6.07, 6.45) is 0. The first-order valence-corrected chi connectivity index (χ1v) is 6.06. The fourth-order valence-corrected chi connectivity index (χ4v) is 1.88. The Kier molecular flexibility index (Phi) is 4.20. The topological polar surface area (TPSA) is 49.3 Å². The lowest BCUT2D eigenvalue weighted by molar-refractivity contribution is 0.0698. The smallest absolute Gasteiger partial charge is 0.337 e. The molecule has 6 heteroatoms. The summed E-state index contributed by atoms with van der Waals surface area (Å²) in [5, 5.41) is 12.1. The van der Waals surface area contributed by atoms with E-state index in [1.165, 1.54) is 24.3 Å². The first kappa shape index (κ1) is 14.3. The lowest BCUT2D eigenvalue weighted by Gasteiger charge is -2.10. The van der Waals surface area contributed by atoms with E-state index in [-0.39, 0.29) is 17.7 Å². The summed E-state index contributed by atoms with van der Waals surface area (Å²) >= 11 is 5.73. The molecule has 3 nitrogen and oxygen atoms in total. The molecule has 0 aliphatic heterocycles. The van der Waals surface area contributed by atoms with E-state index in [0.717, 1.165) is 12.1 Å². The molecule has 20 heavy (non-hydrogen) atoms. The number of carboxylic acids is 1. The fourth-order valence-electron chi connectivity index (χ4n) is 1.70. The van der Waals surface area contributed by atoms with E-state index >= 15 is 0 Å². The Hall–Kier alpha value is -2.14. The van der Waals surface area contributed by atoms with Gasteiger partial charge in [0.05, 0.1) is 5.56 Å². The number of rotatable bonds is 4. The molecule has 2 rings (SSSR count). The summed E-state index contributed by atoms with van der Waals surface area (Å²) < 4.78 is 26.2. The lowest BCUT2D eigenvalue weighted by atomic mass is 10.1. The van der Waals surface area contributed by atoms with Gasteiger partial charge >= 0.3 is 5.97 Å². The highest BCUT2D eigenvalue weighted by atomic mass is 35.5. The maximum absolute atomic E-state index is 13.5. The minimum Gasteiger partial charge on any atom is -0.478 e. The third-order valence-corrected chi connectivity index (χ3v) is 2.93. The Morgan fingerprint density at radius 3 is 2.60 bits per heavy atom. The molecule has 0 aliphatic carbocycles. The zero-order valence-electron chi connectivity index (χ0n) is 10.2. The van der Waals surface area contributed by atoms with Gasteiger partial charge in [-0.3, -0.25) is 0 Å². The number of hydrogen-bond acceptors (Lipinski definition) is 2. The van der Waals surface area contributed by atoms with E-state index in [1.807, 2.05) is 0 Å². The Morgan fingerprint density at radius 1 is 1.20 bits per heavy atom. The molecule has 0 spiro atoms. The van der Waals surface area contributed by atoms with Crippen molar-refractivity contribution in [2.75, 3.05) is 5.32 Å². The molecule has 0 unspecified atom stereocenters. The normalized spacial score (nSPS) is 10.3. The highest BCUT2D eigenvalue weighted by molar-refractivity contribution is 6.31. The van der Waals surface area contributed by atoms with Gasteiger partial charge in [0.2, 0.25) is 0 Å². The van der Waals surface area contributed by atoms with Crippen molar-refractivity contribution in [3.8, 4) is 0 Å². The van der Waals surface area contributed by atoms with E-state index in [1.54, 1.807) is 0 Å². The number of halogens is 3. The van der Waals surface area contributed by atoms with Crippen molar-refractivity contribution in [2.24, 2.45) is 0 Å². The maximum Gasteiger partial charge on any atom is 0.337 e. The number of benzene rings is 2. The fraction of sp³-hybridized carbons (Fsp3) is 0.0714. The third-order valence-electron chi connectivity index (χ3n) is 2.70. The van der Waals surface area contributed by atoms with Crippen LogP contribution in [0.25, 0.3) is 0 Å². The Labute approximate surface area is 118 Å². The van der Waals surface area contributed by atoms with Gasteiger partial charge in [0.15, 0.2) is 0 Å². The van der Waals surface area contributed by atoms with Gasteiger partial charge in [0.25, 0.3) is 0 Å². The molecular formula is C14H10ClF2NO2. The molecule has 2 aromatic carbocycles. The van der Waals surface area contributed by atoms with Crippen LogP contribution in [0.5, 0.6) is 0 Å². The number of nitrogens with one attached hydrogen (secondary N) is 1. The minimum absolute atomic E-state index is 0.0139. The Bertz CT molecular complexity index is 662. The second-order valence-corrected chi connectivity index (χ2v) is 4.52. The standard InChI is InChI=1S/C14H10ClF2NO2/c15-9-2-4-13(11(5-9)14(19)20)18-7-8-1-3-10(16)6-12(8)17/h1-6,18H,7H2,(H,19,20). The van der Waals surface area contributed by atoms with Gasteiger partial charge in [0, 0.05) is 28.9 Å². The number of anilines is 1. The molecule has 0 atom stereocenters. The molecule has 0 aromatic heterocycles. The number of carbonyl (C=O) groups is 1. The molecule has 0 aliphatic rings. The molecule has 2 aromatic rings. The van der Waals surface area contributed by atoms with Gasteiger partial charge in [-0.25, -0.2) is 13.6 Å². The summed E-state index contributed by atoms with van der Waals surface area (Å²) in [6.45, 7) is 0.0357. The molecule has 104 valence electrons. The quantitative estimate of drug-likeness (QED) is 0.899. The van der Waals surface area contributed by atoms with Crippen molar-refractivity contribution >= 4 is 23.3 Å². The van der Waals surface area contributed by atoms with Gasteiger partial charge in [-0.15, -0.1) is 0 Å². The first-order chi connectivity index (χ1) is 9.47. The van der Waals surface area contributed by atoms with Gasteiger partial charge in [-0.1, -0.05) is 17.7 Å². The van der Waals surface area contributed by atoms with E-state index in [0.29, 0.717) is 10.7 Å². The second-order valence-electron chi connectivity index (χ2n) is 4.08. The molecule has 0 saturated heterocycles. The van der Waals surface area contributed by atoms with Crippen molar-refractivity contribution in [1.29, 1.82) is 0 Å². The van der Waals surface area contributed by atoms with E-state index < -0.39 is 17.6 Å². The summed E-state index contributed by atoms with van der Waals surface area (Å²) in [5.41, 5.74) is 0.531. The predicted molar refractivity (Wildman–Crippen MR) is 72.1 cm³/mol. The maximum atomic E-state index is 13.5. The largest absolute Gasteiger partial charge is 0.478 e. The average Bonchev–Trinajstić information content (AvgIpc) is 2.38. The number of carboxylic acid groups (broad SMARTS) is 1. The number of hydrogen-bond donors (Lipinski definition) is 2. The number of aromatic carboxylic acids is 1. The van der Waals surface area contributed by atoms with Crippen LogP contribution in [0.3, 0.4) is 0 Å². The van der Waals surface area contributed by atoms with Crippen LogP contribution in [0.15, 0.2) is 36.4 Å².